The third kappa shape index (κ3) is 4.35. The van der Waals surface area contributed by atoms with E-state index in [0.29, 0.717) is 17.9 Å². The molecule has 0 saturated heterocycles. The zero-order valence-corrected chi connectivity index (χ0v) is 11.6. The van der Waals surface area contributed by atoms with Crippen LogP contribution >= 0.6 is 0 Å². The molecule has 0 spiro atoms. The SMILES string of the molecule is CCOc1ccc(NC(=O)NC(=O)c2ccccc2)cc1. The van der Waals surface area contributed by atoms with Crippen molar-refractivity contribution in [2.24, 2.45) is 0 Å². The van der Waals surface area contributed by atoms with E-state index in [1.165, 1.54) is 0 Å². The second kappa shape index (κ2) is 7.09. The van der Waals surface area contributed by atoms with Gasteiger partial charge < -0.3 is 10.1 Å². The Balaban J connectivity index is 1.91. The van der Waals surface area contributed by atoms with Gasteiger partial charge in [0.15, 0.2) is 0 Å². The first-order valence-electron chi connectivity index (χ1n) is 6.59. The Morgan fingerprint density at radius 1 is 1.00 bits per heavy atom. The molecule has 5 nitrogen and oxygen atoms in total. The second-order valence-corrected chi connectivity index (χ2v) is 4.23. The molecular weight excluding hydrogens is 268 g/mol. The molecular formula is C16H16N2O3. The molecule has 5 heteroatoms. The Labute approximate surface area is 122 Å². The smallest absolute Gasteiger partial charge is 0.326 e. The number of nitrogens with one attached hydrogen (secondary N) is 2. The highest BCUT2D eigenvalue weighted by Crippen LogP contribution is 2.15. The molecule has 0 heterocycles. The molecule has 3 amide bonds. The number of amides is 3. The monoisotopic (exact) mass is 284 g/mol. The van der Waals surface area contributed by atoms with E-state index in [4.69, 9.17) is 4.74 Å². The summed E-state index contributed by atoms with van der Waals surface area (Å²) in [6.07, 6.45) is 0. The largest absolute Gasteiger partial charge is 0.494 e. The van der Waals surface area contributed by atoms with Gasteiger partial charge in [0.2, 0.25) is 0 Å². The average molecular weight is 284 g/mol. The Kier molecular flexibility index (Phi) is 4.93. The van der Waals surface area contributed by atoms with Crippen molar-refractivity contribution in [1.82, 2.24) is 5.32 Å². The van der Waals surface area contributed by atoms with Crippen molar-refractivity contribution < 1.29 is 14.3 Å². The van der Waals surface area contributed by atoms with Gasteiger partial charge in [0.05, 0.1) is 6.61 Å². The van der Waals surface area contributed by atoms with E-state index in [1.807, 2.05) is 6.92 Å². The second-order valence-electron chi connectivity index (χ2n) is 4.23. The number of imide groups is 1. The predicted molar refractivity (Wildman–Crippen MR) is 80.5 cm³/mol. The zero-order chi connectivity index (χ0) is 15.1. The van der Waals surface area contributed by atoms with E-state index in [-0.39, 0.29) is 0 Å². The summed E-state index contributed by atoms with van der Waals surface area (Å²) < 4.78 is 5.31. The molecule has 2 aromatic carbocycles. The minimum absolute atomic E-state index is 0.430. The summed E-state index contributed by atoms with van der Waals surface area (Å²) in [5.41, 5.74) is 1.01. The van der Waals surface area contributed by atoms with Crippen molar-refractivity contribution in [1.29, 1.82) is 0 Å². The van der Waals surface area contributed by atoms with Crippen LogP contribution in [-0.4, -0.2) is 18.5 Å². The van der Waals surface area contributed by atoms with Gasteiger partial charge in [-0.2, -0.15) is 0 Å². The Morgan fingerprint density at radius 2 is 1.67 bits per heavy atom. The first-order chi connectivity index (χ1) is 10.2. The Bertz CT molecular complexity index is 609. The Morgan fingerprint density at radius 3 is 2.29 bits per heavy atom. The Hall–Kier alpha value is -2.82. The van der Waals surface area contributed by atoms with E-state index in [0.717, 1.165) is 5.75 Å². The average Bonchev–Trinajstić information content (AvgIpc) is 2.50. The molecule has 108 valence electrons. The van der Waals surface area contributed by atoms with Gasteiger partial charge in [0.1, 0.15) is 5.75 Å². The van der Waals surface area contributed by atoms with Gasteiger partial charge in [0.25, 0.3) is 5.91 Å². The van der Waals surface area contributed by atoms with Gasteiger partial charge in [0, 0.05) is 11.3 Å². The van der Waals surface area contributed by atoms with Gasteiger partial charge in [-0.25, -0.2) is 4.79 Å². The molecule has 0 unspecified atom stereocenters. The van der Waals surface area contributed by atoms with Crippen LogP contribution in [0.1, 0.15) is 17.3 Å². The van der Waals surface area contributed by atoms with Crippen molar-refractivity contribution in [2.45, 2.75) is 6.92 Å². The number of hydrogen-bond acceptors (Lipinski definition) is 3. The summed E-state index contributed by atoms with van der Waals surface area (Å²) >= 11 is 0. The van der Waals surface area contributed by atoms with E-state index in [9.17, 15) is 9.59 Å². The van der Waals surface area contributed by atoms with Gasteiger partial charge >= 0.3 is 6.03 Å². The maximum absolute atomic E-state index is 11.8. The number of rotatable bonds is 4. The quantitative estimate of drug-likeness (QED) is 0.906. The van der Waals surface area contributed by atoms with Crippen molar-refractivity contribution >= 4 is 17.6 Å². The summed E-state index contributed by atoms with van der Waals surface area (Å²) in [5, 5.41) is 4.85. The number of benzene rings is 2. The summed E-state index contributed by atoms with van der Waals surface area (Å²) in [7, 11) is 0. The van der Waals surface area contributed by atoms with Crippen LogP contribution in [0, 0.1) is 0 Å². The van der Waals surface area contributed by atoms with Gasteiger partial charge in [-0.3, -0.25) is 10.1 Å². The number of urea groups is 1. The molecule has 0 aromatic heterocycles. The van der Waals surface area contributed by atoms with Gasteiger partial charge in [-0.1, -0.05) is 18.2 Å². The molecule has 0 radical (unpaired) electrons. The van der Waals surface area contributed by atoms with Crippen molar-refractivity contribution in [3.63, 3.8) is 0 Å². The fourth-order valence-electron chi connectivity index (χ4n) is 1.73. The minimum Gasteiger partial charge on any atom is -0.494 e. The lowest BCUT2D eigenvalue weighted by Crippen LogP contribution is -2.34. The van der Waals surface area contributed by atoms with Crippen LogP contribution in [0.15, 0.2) is 54.6 Å². The number of carbonyl (C=O) groups excluding carboxylic acids is 2. The summed E-state index contributed by atoms with van der Waals surface area (Å²) in [5.74, 6) is 0.280. The number of anilines is 1. The van der Waals surface area contributed by atoms with Gasteiger partial charge in [-0.05, 0) is 43.3 Å². The number of ether oxygens (including phenoxy) is 1. The molecule has 2 N–H and O–H groups in total. The first-order valence-corrected chi connectivity index (χ1v) is 6.59. The van der Waals surface area contributed by atoms with Crippen LogP contribution in [0.25, 0.3) is 0 Å². The third-order valence-corrected chi connectivity index (χ3v) is 2.69. The van der Waals surface area contributed by atoms with E-state index in [2.05, 4.69) is 10.6 Å². The van der Waals surface area contributed by atoms with E-state index >= 15 is 0 Å². The first kappa shape index (κ1) is 14.6. The number of hydrogen-bond donors (Lipinski definition) is 2. The standard InChI is InChI=1S/C16H16N2O3/c1-2-21-14-10-8-13(9-11-14)17-16(20)18-15(19)12-6-4-3-5-7-12/h3-11H,2H2,1H3,(H2,17,18,19,20). The van der Waals surface area contributed by atoms with Crippen molar-refractivity contribution in [2.75, 3.05) is 11.9 Å². The normalized spacial score (nSPS) is 9.76. The van der Waals surface area contributed by atoms with Crippen LogP contribution in [0.5, 0.6) is 5.75 Å². The van der Waals surface area contributed by atoms with Crippen LogP contribution in [0.2, 0.25) is 0 Å². The molecule has 21 heavy (non-hydrogen) atoms. The summed E-state index contributed by atoms with van der Waals surface area (Å²) in [4.78, 5) is 23.5. The fraction of sp³-hybridized carbons (Fsp3) is 0.125. The maximum Gasteiger partial charge on any atom is 0.326 e. The molecule has 0 atom stereocenters. The van der Waals surface area contributed by atoms with E-state index < -0.39 is 11.9 Å². The number of carbonyl (C=O) groups is 2. The highest BCUT2D eigenvalue weighted by atomic mass is 16.5. The predicted octanol–water partition coefficient (Wildman–Crippen LogP) is 3.05. The van der Waals surface area contributed by atoms with Crippen LogP contribution in [0.4, 0.5) is 10.5 Å². The summed E-state index contributed by atoms with van der Waals surface area (Å²) in [6.45, 7) is 2.48. The topological polar surface area (TPSA) is 67.4 Å². The molecule has 0 fully saturated rings. The minimum atomic E-state index is -0.576. The highest BCUT2D eigenvalue weighted by Gasteiger charge is 2.09. The van der Waals surface area contributed by atoms with Crippen molar-refractivity contribution in [3.8, 4) is 5.75 Å². The molecule has 0 aliphatic rings. The summed E-state index contributed by atoms with van der Waals surface area (Å²) in [6, 6.07) is 14.9. The molecule has 0 aliphatic heterocycles. The van der Waals surface area contributed by atoms with Crippen LogP contribution in [-0.2, 0) is 0 Å². The third-order valence-electron chi connectivity index (χ3n) is 2.69. The van der Waals surface area contributed by atoms with Crippen molar-refractivity contribution in [3.05, 3.63) is 60.2 Å². The molecule has 0 aliphatic carbocycles. The lowest BCUT2D eigenvalue weighted by atomic mass is 10.2. The zero-order valence-electron chi connectivity index (χ0n) is 11.6. The van der Waals surface area contributed by atoms with Crippen LogP contribution in [0.3, 0.4) is 0 Å². The van der Waals surface area contributed by atoms with E-state index in [1.54, 1.807) is 54.6 Å². The molecule has 2 rings (SSSR count). The fourth-order valence-corrected chi connectivity index (χ4v) is 1.73. The lowest BCUT2D eigenvalue weighted by molar-refractivity contribution is 0.0967. The molecule has 2 aromatic rings. The van der Waals surface area contributed by atoms with Gasteiger partial charge in [-0.15, -0.1) is 0 Å². The van der Waals surface area contributed by atoms with Crippen LogP contribution < -0.4 is 15.4 Å². The molecule has 0 bridgehead atoms. The highest BCUT2D eigenvalue weighted by molar-refractivity contribution is 6.07. The maximum atomic E-state index is 11.8. The lowest BCUT2D eigenvalue weighted by Gasteiger charge is -2.08. The molecule has 0 saturated carbocycles.